The normalized spacial score (nSPS) is 16.8. The molecule has 1 saturated heterocycles. The van der Waals surface area contributed by atoms with Gasteiger partial charge in [-0.25, -0.2) is 13.1 Å². The van der Waals surface area contributed by atoms with E-state index in [1.807, 2.05) is 24.3 Å². The van der Waals surface area contributed by atoms with E-state index in [9.17, 15) is 13.2 Å². The van der Waals surface area contributed by atoms with E-state index < -0.39 is 10.0 Å². The average molecular weight is 336 g/mol. The Labute approximate surface area is 135 Å². The molecule has 1 fully saturated rings. The number of furan rings is 1. The summed E-state index contributed by atoms with van der Waals surface area (Å²) in [6.45, 7) is 1.67. The molecular formula is C16H20N2O4S. The van der Waals surface area contributed by atoms with Crippen LogP contribution in [0.2, 0.25) is 0 Å². The lowest BCUT2D eigenvalue weighted by atomic mass is 9.97. The van der Waals surface area contributed by atoms with Gasteiger partial charge >= 0.3 is 0 Å². The molecule has 1 aliphatic heterocycles. The molecule has 124 valence electrons. The average Bonchev–Trinajstić information content (AvgIpc) is 2.96. The van der Waals surface area contributed by atoms with Crippen LogP contribution in [-0.4, -0.2) is 45.1 Å². The summed E-state index contributed by atoms with van der Waals surface area (Å²) in [5, 5.41) is 0.920. The molecule has 1 N–H and O–H groups in total. The van der Waals surface area contributed by atoms with Gasteiger partial charge in [-0.2, -0.15) is 0 Å². The van der Waals surface area contributed by atoms with Crippen LogP contribution in [-0.2, 0) is 10.0 Å². The molecule has 3 rings (SSSR count). The van der Waals surface area contributed by atoms with Crippen molar-refractivity contribution in [2.45, 2.75) is 12.8 Å². The number of rotatable bonds is 4. The minimum atomic E-state index is -3.16. The minimum absolute atomic E-state index is 0.101. The molecule has 6 nitrogen and oxygen atoms in total. The first kappa shape index (κ1) is 16.0. The van der Waals surface area contributed by atoms with E-state index in [2.05, 4.69) is 4.72 Å². The van der Waals surface area contributed by atoms with Gasteiger partial charge in [0, 0.05) is 25.0 Å². The summed E-state index contributed by atoms with van der Waals surface area (Å²) < 4.78 is 30.4. The third kappa shape index (κ3) is 3.92. The van der Waals surface area contributed by atoms with Crippen molar-refractivity contribution in [1.29, 1.82) is 0 Å². The van der Waals surface area contributed by atoms with Gasteiger partial charge in [-0.3, -0.25) is 4.79 Å². The number of nitrogens with one attached hydrogen (secondary N) is 1. The summed E-state index contributed by atoms with van der Waals surface area (Å²) in [6.07, 6.45) is 2.73. The van der Waals surface area contributed by atoms with Crippen LogP contribution < -0.4 is 4.72 Å². The monoisotopic (exact) mass is 336 g/mol. The number of fused-ring (bicyclic) bond motifs is 1. The van der Waals surface area contributed by atoms with E-state index in [1.165, 1.54) is 0 Å². The quantitative estimate of drug-likeness (QED) is 0.924. The predicted molar refractivity (Wildman–Crippen MR) is 87.7 cm³/mol. The highest BCUT2D eigenvalue weighted by Gasteiger charge is 2.26. The third-order valence-corrected chi connectivity index (χ3v) is 4.86. The highest BCUT2D eigenvalue weighted by molar-refractivity contribution is 7.88. The Morgan fingerprint density at radius 1 is 1.30 bits per heavy atom. The molecule has 2 aromatic rings. The highest BCUT2D eigenvalue weighted by atomic mass is 32.2. The summed E-state index contributed by atoms with van der Waals surface area (Å²) in [5.41, 5.74) is 0.711. The number of para-hydroxylation sites is 1. The zero-order chi connectivity index (χ0) is 16.4. The molecule has 0 aliphatic carbocycles. The zero-order valence-electron chi connectivity index (χ0n) is 13.0. The van der Waals surface area contributed by atoms with Crippen LogP contribution in [0.4, 0.5) is 0 Å². The second kappa shape index (κ2) is 6.33. The first-order valence-corrected chi connectivity index (χ1v) is 9.54. The number of carbonyl (C=O) groups excluding carboxylic acids is 1. The Kier molecular flexibility index (Phi) is 4.41. The number of sulfonamides is 1. The van der Waals surface area contributed by atoms with Crippen molar-refractivity contribution in [3.05, 3.63) is 36.1 Å². The Hall–Kier alpha value is -1.86. The summed E-state index contributed by atoms with van der Waals surface area (Å²) in [6, 6.07) is 9.32. The summed E-state index contributed by atoms with van der Waals surface area (Å²) in [7, 11) is -3.16. The van der Waals surface area contributed by atoms with Gasteiger partial charge in [0.05, 0.1) is 6.26 Å². The van der Waals surface area contributed by atoms with Gasteiger partial charge in [-0.1, -0.05) is 18.2 Å². The van der Waals surface area contributed by atoms with E-state index in [1.54, 1.807) is 11.0 Å². The molecule has 1 aromatic carbocycles. The number of amides is 1. The number of hydrogen-bond acceptors (Lipinski definition) is 4. The van der Waals surface area contributed by atoms with Crippen LogP contribution >= 0.6 is 0 Å². The summed E-state index contributed by atoms with van der Waals surface area (Å²) >= 11 is 0. The van der Waals surface area contributed by atoms with E-state index in [0.717, 1.165) is 24.5 Å². The highest BCUT2D eigenvalue weighted by Crippen LogP contribution is 2.23. The predicted octanol–water partition coefficient (Wildman–Crippen LogP) is 1.83. The number of likely N-dealkylation sites (tertiary alicyclic amines) is 1. The van der Waals surface area contributed by atoms with Crippen molar-refractivity contribution < 1.29 is 17.6 Å². The molecule has 1 amide bonds. The van der Waals surface area contributed by atoms with E-state index in [-0.39, 0.29) is 11.8 Å². The third-order valence-electron chi connectivity index (χ3n) is 4.17. The number of hydrogen-bond donors (Lipinski definition) is 1. The SMILES string of the molecule is CS(=O)(=O)NCC1CCN(C(=O)c2cc3ccccc3o2)CC1. The molecular weight excluding hydrogens is 316 g/mol. The fourth-order valence-corrected chi connectivity index (χ4v) is 3.39. The van der Waals surface area contributed by atoms with Crippen molar-refractivity contribution in [1.82, 2.24) is 9.62 Å². The lowest BCUT2D eigenvalue weighted by Gasteiger charge is -2.31. The van der Waals surface area contributed by atoms with Crippen molar-refractivity contribution >= 4 is 26.9 Å². The molecule has 0 atom stereocenters. The molecule has 1 aliphatic rings. The van der Waals surface area contributed by atoms with Crippen molar-refractivity contribution in [2.24, 2.45) is 5.92 Å². The van der Waals surface area contributed by atoms with E-state index in [0.29, 0.717) is 31.0 Å². The Morgan fingerprint density at radius 2 is 2.00 bits per heavy atom. The van der Waals surface area contributed by atoms with Crippen molar-refractivity contribution in [3.8, 4) is 0 Å². The number of carbonyl (C=O) groups is 1. The van der Waals surface area contributed by atoms with E-state index >= 15 is 0 Å². The largest absolute Gasteiger partial charge is 0.451 e. The fraction of sp³-hybridized carbons (Fsp3) is 0.438. The standard InChI is InChI=1S/C16H20N2O4S/c1-23(20,21)17-11-12-6-8-18(9-7-12)16(19)15-10-13-4-2-3-5-14(13)22-15/h2-5,10,12,17H,6-9,11H2,1H3. The molecule has 0 spiro atoms. The maximum atomic E-state index is 12.5. The van der Waals surface area contributed by atoms with Gasteiger partial charge in [-0.05, 0) is 30.9 Å². The zero-order valence-corrected chi connectivity index (χ0v) is 13.8. The molecule has 7 heteroatoms. The van der Waals surface area contributed by atoms with Gasteiger partial charge in [0.15, 0.2) is 5.76 Å². The summed E-state index contributed by atoms with van der Waals surface area (Å²) in [5.74, 6) is 0.527. The van der Waals surface area contributed by atoms with Gasteiger partial charge in [0.1, 0.15) is 5.58 Å². The first-order chi connectivity index (χ1) is 10.9. The molecule has 1 aromatic heterocycles. The van der Waals surface area contributed by atoms with Gasteiger partial charge in [0.25, 0.3) is 5.91 Å². The maximum absolute atomic E-state index is 12.5. The first-order valence-electron chi connectivity index (χ1n) is 7.65. The summed E-state index contributed by atoms with van der Waals surface area (Å²) in [4.78, 5) is 14.3. The second-order valence-corrected chi connectivity index (χ2v) is 7.84. The van der Waals surface area contributed by atoms with Crippen LogP contribution in [0.25, 0.3) is 11.0 Å². The minimum Gasteiger partial charge on any atom is -0.451 e. The topological polar surface area (TPSA) is 79.6 Å². The van der Waals surface area contributed by atoms with Crippen molar-refractivity contribution in [3.63, 3.8) is 0 Å². The van der Waals surface area contributed by atoms with Crippen LogP contribution in [0.15, 0.2) is 34.7 Å². The fourth-order valence-electron chi connectivity index (χ4n) is 2.85. The molecule has 23 heavy (non-hydrogen) atoms. The molecule has 0 radical (unpaired) electrons. The number of benzene rings is 1. The Balaban J connectivity index is 1.60. The lowest BCUT2D eigenvalue weighted by molar-refractivity contribution is 0.0662. The van der Waals surface area contributed by atoms with Gasteiger partial charge in [0.2, 0.25) is 10.0 Å². The molecule has 0 bridgehead atoms. The number of piperidine rings is 1. The van der Waals surface area contributed by atoms with Gasteiger partial charge in [-0.15, -0.1) is 0 Å². The van der Waals surface area contributed by atoms with Crippen LogP contribution in [0.1, 0.15) is 23.4 Å². The molecule has 0 unspecified atom stereocenters. The maximum Gasteiger partial charge on any atom is 0.289 e. The molecule has 2 heterocycles. The van der Waals surface area contributed by atoms with Gasteiger partial charge < -0.3 is 9.32 Å². The smallest absolute Gasteiger partial charge is 0.289 e. The Bertz CT molecular complexity index is 771. The van der Waals surface area contributed by atoms with Crippen LogP contribution in [0, 0.1) is 5.92 Å². The molecule has 0 saturated carbocycles. The van der Waals surface area contributed by atoms with Crippen LogP contribution in [0.5, 0.6) is 0 Å². The van der Waals surface area contributed by atoms with Crippen LogP contribution in [0.3, 0.4) is 0 Å². The second-order valence-electron chi connectivity index (χ2n) is 6.00. The van der Waals surface area contributed by atoms with Crippen molar-refractivity contribution in [2.75, 3.05) is 25.9 Å². The number of nitrogens with zero attached hydrogens (tertiary/aromatic N) is 1. The van der Waals surface area contributed by atoms with E-state index in [4.69, 9.17) is 4.42 Å². The Morgan fingerprint density at radius 3 is 2.65 bits per heavy atom. The lowest BCUT2D eigenvalue weighted by Crippen LogP contribution is -2.41.